The first kappa shape index (κ1) is 58.8. The zero-order valence-electron chi connectivity index (χ0n) is 41.4. The highest BCUT2D eigenvalue weighted by Crippen LogP contribution is 2.20. The average molecular weight is 1010 g/mol. The van der Waals surface area contributed by atoms with Crippen LogP contribution in [0.2, 0.25) is 0 Å². The number of fused-ring (bicyclic) bond motifs is 1. The summed E-state index contributed by atoms with van der Waals surface area (Å²) in [5, 5.41) is 57.0. The van der Waals surface area contributed by atoms with Crippen LogP contribution in [0.1, 0.15) is 91.7 Å². The number of rotatable bonds is 29. The van der Waals surface area contributed by atoms with E-state index in [0.717, 1.165) is 10.9 Å². The number of phenols is 1. The van der Waals surface area contributed by atoms with Crippen molar-refractivity contribution in [2.75, 3.05) is 0 Å². The molecule has 0 saturated carbocycles. The van der Waals surface area contributed by atoms with Crippen LogP contribution in [-0.4, -0.2) is 133 Å². The molecule has 14 N–H and O–H groups in total. The summed E-state index contributed by atoms with van der Waals surface area (Å²) in [6.45, 7) is 11.4. The van der Waals surface area contributed by atoms with Crippen LogP contribution in [0.3, 0.4) is 0 Å². The molecule has 0 saturated heterocycles. The van der Waals surface area contributed by atoms with Gasteiger partial charge in [0.05, 0.1) is 12.5 Å². The van der Waals surface area contributed by atoms with Crippen molar-refractivity contribution in [1.29, 1.82) is 0 Å². The van der Waals surface area contributed by atoms with Gasteiger partial charge in [0.15, 0.2) is 0 Å². The number of aromatic nitrogens is 1. The molecule has 0 aliphatic rings. The summed E-state index contributed by atoms with van der Waals surface area (Å²) in [5.74, 6) is -11.7. The van der Waals surface area contributed by atoms with E-state index in [1.54, 1.807) is 53.8 Å². The van der Waals surface area contributed by atoms with Gasteiger partial charge in [-0.25, -0.2) is 4.79 Å². The topological polar surface area (TPSA) is 378 Å². The highest BCUT2D eigenvalue weighted by molar-refractivity contribution is 5.98. The normalized spacial score (nSPS) is 15.0. The largest absolute Gasteiger partial charge is 0.508 e. The van der Waals surface area contributed by atoms with Gasteiger partial charge < -0.3 is 68.4 Å². The number of aromatic hydroxyl groups is 1. The van der Waals surface area contributed by atoms with Crippen LogP contribution in [0.25, 0.3) is 10.9 Å². The number of phenolic OH excluding ortho intramolecular Hbond substituents is 1. The van der Waals surface area contributed by atoms with Crippen molar-refractivity contribution in [3.05, 3.63) is 65.9 Å². The summed E-state index contributed by atoms with van der Waals surface area (Å²) < 4.78 is 0. The molecule has 0 radical (unpaired) electrons. The Morgan fingerprint density at radius 3 is 1.74 bits per heavy atom. The number of nitrogens with one attached hydrogen (secondary N) is 8. The zero-order chi connectivity index (χ0) is 54.0. The average Bonchev–Trinajstić information content (AvgIpc) is 3.72. The van der Waals surface area contributed by atoms with E-state index >= 15 is 0 Å². The van der Waals surface area contributed by atoms with Crippen molar-refractivity contribution in [2.45, 2.75) is 142 Å². The minimum atomic E-state index is -1.58. The number of aliphatic carboxylic acids is 3. The molecular weight excluding hydrogens is 939 g/mol. The number of benzene rings is 2. The number of carbonyl (C=O) groups is 10. The molecule has 0 unspecified atom stereocenters. The first-order valence-corrected chi connectivity index (χ1v) is 23.7. The third kappa shape index (κ3) is 18.3. The summed E-state index contributed by atoms with van der Waals surface area (Å²) in [6.07, 6.45) is -0.0707. The number of carbonyl (C=O) groups excluding carboxylic acids is 7. The molecule has 9 atom stereocenters. The molecule has 0 spiro atoms. The summed E-state index contributed by atoms with van der Waals surface area (Å²) in [5.41, 5.74) is 7.59. The lowest BCUT2D eigenvalue weighted by atomic mass is 9.97. The number of H-pyrrole nitrogens is 1. The number of amides is 7. The lowest BCUT2D eigenvalue weighted by Crippen LogP contribution is -2.61. The Kier molecular flexibility index (Phi) is 22.6. The van der Waals surface area contributed by atoms with E-state index in [9.17, 15) is 63.3 Å². The molecule has 0 aliphatic carbocycles. The van der Waals surface area contributed by atoms with Gasteiger partial charge in [0.2, 0.25) is 41.4 Å². The Morgan fingerprint density at radius 1 is 0.597 bits per heavy atom. The minimum Gasteiger partial charge on any atom is -0.508 e. The van der Waals surface area contributed by atoms with Crippen LogP contribution in [0, 0.1) is 17.8 Å². The lowest BCUT2D eigenvalue weighted by Gasteiger charge is -2.29. The van der Waals surface area contributed by atoms with Gasteiger partial charge in [0.1, 0.15) is 48.0 Å². The molecule has 0 bridgehead atoms. The maximum atomic E-state index is 14.2. The molecule has 1 heterocycles. The smallest absolute Gasteiger partial charge is 0.326 e. The third-order valence-corrected chi connectivity index (χ3v) is 11.9. The second-order valence-corrected chi connectivity index (χ2v) is 18.6. The molecule has 7 amide bonds. The van der Waals surface area contributed by atoms with E-state index in [2.05, 4.69) is 42.2 Å². The molecule has 2 aromatic carbocycles. The third-order valence-electron chi connectivity index (χ3n) is 11.9. The van der Waals surface area contributed by atoms with Gasteiger partial charge in [-0.15, -0.1) is 0 Å². The van der Waals surface area contributed by atoms with Crippen LogP contribution in [-0.2, 0) is 60.8 Å². The van der Waals surface area contributed by atoms with Crippen molar-refractivity contribution in [3.8, 4) is 5.75 Å². The van der Waals surface area contributed by atoms with Gasteiger partial charge >= 0.3 is 17.9 Å². The van der Waals surface area contributed by atoms with E-state index in [4.69, 9.17) is 10.8 Å². The maximum absolute atomic E-state index is 14.2. The van der Waals surface area contributed by atoms with Gasteiger partial charge in [-0.3, -0.25) is 43.2 Å². The van der Waals surface area contributed by atoms with Gasteiger partial charge in [-0.1, -0.05) is 78.3 Å². The molecule has 394 valence electrons. The van der Waals surface area contributed by atoms with Crippen molar-refractivity contribution < 1.29 is 68.4 Å². The standard InChI is InChI=1S/C49H69N9O14/c1-8-26(6)41(48(70)56-37(49(71)72)21-29-23-51-33-12-10-9-11-31(29)33)58-42(64)27(7)52-44(66)34(17-18-38(60)61)53-45(67)35(19-24(2)3)54-46(68)36(20-28-13-15-30(59)16-14-28)55-47(69)40(25(4)5)57-43(65)32(50)22-39(62)63/h9-16,23-27,32,34-37,40-41,51,59H,8,17-22,50H2,1-7H3,(H,52,66)(H,53,67)(H,54,68)(H,55,69)(H,56,70)(H,57,65)(H,58,64)(H,60,61)(H,62,63)(H,71,72)/t26-,27-,32-,34-,35-,36-,37-,40-,41-/m0/s1. The van der Waals surface area contributed by atoms with Crippen LogP contribution in [0.5, 0.6) is 5.75 Å². The summed E-state index contributed by atoms with van der Waals surface area (Å²) >= 11 is 0. The first-order valence-electron chi connectivity index (χ1n) is 23.7. The Hall–Kier alpha value is -7.56. The Morgan fingerprint density at radius 2 is 1.15 bits per heavy atom. The van der Waals surface area contributed by atoms with E-state index < -0.39 is 139 Å². The SMILES string of the molecule is CC[C@H](C)[C@H](NC(=O)[C@H](C)NC(=O)[C@H](CCC(=O)O)NC(=O)[C@H](CC(C)C)NC(=O)[C@H](Cc1ccc(O)cc1)NC(=O)[C@@H](NC(=O)[C@@H](N)CC(=O)O)C(C)C)C(=O)N[C@@H](Cc1c[nH]c2ccccc12)C(=O)O. The highest BCUT2D eigenvalue weighted by Gasteiger charge is 2.36. The molecule has 23 heteroatoms. The molecule has 3 rings (SSSR count). The Balaban J connectivity index is 1.82. The van der Waals surface area contributed by atoms with E-state index in [1.807, 2.05) is 18.2 Å². The molecule has 3 aromatic rings. The highest BCUT2D eigenvalue weighted by atomic mass is 16.4. The zero-order valence-corrected chi connectivity index (χ0v) is 41.4. The number of aromatic amines is 1. The minimum absolute atomic E-state index is 0.0285. The van der Waals surface area contributed by atoms with Gasteiger partial charge in [-0.2, -0.15) is 0 Å². The van der Waals surface area contributed by atoms with E-state index in [-0.39, 0.29) is 30.9 Å². The van der Waals surface area contributed by atoms with E-state index in [0.29, 0.717) is 17.5 Å². The number of carboxylic acids is 3. The molecule has 1 aromatic heterocycles. The van der Waals surface area contributed by atoms with Crippen LogP contribution in [0.15, 0.2) is 54.7 Å². The van der Waals surface area contributed by atoms with Crippen molar-refractivity contribution in [3.63, 3.8) is 0 Å². The maximum Gasteiger partial charge on any atom is 0.326 e. The van der Waals surface area contributed by atoms with Crippen molar-refractivity contribution in [2.24, 2.45) is 23.5 Å². The van der Waals surface area contributed by atoms with Crippen molar-refractivity contribution >= 4 is 70.2 Å². The predicted molar refractivity (Wildman–Crippen MR) is 261 cm³/mol. The fourth-order valence-electron chi connectivity index (χ4n) is 7.54. The monoisotopic (exact) mass is 1010 g/mol. The summed E-state index contributed by atoms with van der Waals surface area (Å²) in [4.78, 5) is 134. The Labute approximate surface area is 416 Å². The molecular formula is C49H69N9O14. The number of carboxylic acid groups (broad SMARTS) is 3. The van der Waals surface area contributed by atoms with Crippen molar-refractivity contribution in [1.82, 2.24) is 42.2 Å². The van der Waals surface area contributed by atoms with Crippen LogP contribution >= 0.6 is 0 Å². The van der Waals surface area contributed by atoms with Gasteiger partial charge in [0.25, 0.3) is 0 Å². The fraction of sp³-hybridized carbons (Fsp3) is 0.510. The van der Waals surface area contributed by atoms with Gasteiger partial charge in [-0.05, 0) is 66.8 Å². The molecule has 23 nitrogen and oxygen atoms in total. The second-order valence-electron chi connectivity index (χ2n) is 18.6. The van der Waals surface area contributed by atoms with Gasteiger partial charge in [0, 0.05) is 36.4 Å². The molecule has 0 aliphatic heterocycles. The molecule has 72 heavy (non-hydrogen) atoms. The van der Waals surface area contributed by atoms with Crippen LogP contribution < -0.4 is 43.0 Å². The number of nitrogens with two attached hydrogens (primary N) is 1. The predicted octanol–water partition coefficient (Wildman–Crippen LogP) is 0.572. The van der Waals surface area contributed by atoms with Crippen LogP contribution in [0.4, 0.5) is 0 Å². The van der Waals surface area contributed by atoms with E-state index in [1.165, 1.54) is 31.2 Å². The number of para-hydroxylation sites is 1. The Bertz CT molecular complexity index is 2410. The first-order chi connectivity index (χ1) is 33.8. The fourth-order valence-corrected chi connectivity index (χ4v) is 7.54. The molecule has 0 fully saturated rings. The summed E-state index contributed by atoms with van der Waals surface area (Å²) in [6, 6.07) is 1.69. The quantitative estimate of drug-likeness (QED) is 0.0452. The number of hydrogen-bond donors (Lipinski definition) is 13. The lowest BCUT2D eigenvalue weighted by molar-refractivity contribution is -0.142. The second kappa shape index (κ2) is 27.7. The number of hydrogen-bond acceptors (Lipinski definition) is 12. The summed E-state index contributed by atoms with van der Waals surface area (Å²) in [7, 11) is 0.